The quantitative estimate of drug-likeness (QED) is 0.706. The van der Waals surface area contributed by atoms with E-state index in [1.807, 2.05) is 6.92 Å². The second kappa shape index (κ2) is 7.75. The third kappa shape index (κ3) is 4.68. The number of hydrogen-bond donors (Lipinski definition) is 2. The molecule has 21 heavy (non-hydrogen) atoms. The van der Waals surface area contributed by atoms with Gasteiger partial charge in [0.2, 0.25) is 11.8 Å². The van der Waals surface area contributed by atoms with E-state index in [0.717, 1.165) is 45.4 Å². The molecule has 1 unspecified atom stereocenters. The van der Waals surface area contributed by atoms with E-state index in [9.17, 15) is 9.59 Å². The highest BCUT2D eigenvalue weighted by Gasteiger charge is 2.34. The van der Waals surface area contributed by atoms with Crippen LogP contribution < -0.4 is 11.1 Å². The number of piperidine rings is 1. The molecule has 1 saturated heterocycles. The van der Waals surface area contributed by atoms with Crippen molar-refractivity contribution < 1.29 is 14.3 Å². The van der Waals surface area contributed by atoms with E-state index in [4.69, 9.17) is 10.5 Å². The Kier molecular flexibility index (Phi) is 5.99. The predicted molar refractivity (Wildman–Crippen MR) is 79.6 cm³/mol. The minimum absolute atomic E-state index is 0.0345. The molecule has 2 amide bonds. The molecule has 1 aliphatic heterocycles. The lowest BCUT2D eigenvalue weighted by atomic mass is 9.79. The van der Waals surface area contributed by atoms with Gasteiger partial charge in [-0.3, -0.25) is 9.59 Å². The van der Waals surface area contributed by atoms with E-state index < -0.39 is 5.91 Å². The molecule has 2 fully saturated rings. The summed E-state index contributed by atoms with van der Waals surface area (Å²) in [5.41, 5.74) is 5.30. The Morgan fingerprint density at radius 2 is 2.14 bits per heavy atom. The molecule has 1 atom stereocenters. The topological polar surface area (TPSA) is 84.7 Å². The highest BCUT2D eigenvalue weighted by Crippen LogP contribution is 2.33. The summed E-state index contributed by atoms with van der Waals surface area (Å²) >= 11 is 0. The molecule has 0 aromatic carbocycles. The average molecular weight is 297 g/mol. The van der Waals surface area contributed by atoms with Crippen LogP contribution in [0.25, 0.3) is 0 Å². The SMILES string of the molecule is CCOC1CC(CC(=O)N(CC(N)=O)C2CCCNC2)C1. The Balaban J connectivity index is 1.84. The van der Waals surface area contributed by atoms with Crippen molar-refractivity contribution in [2.45, 2.75) is 51.2 Å². The van der Waals surface area contributed by atoms with Crippen molar-refractivity contribution in [2.24, 2.45) is 11.7 Å². The Labute approximate surface area is 126 Å². The molecule has 3 N–H and O–H groups in total. The van der Waals surface area contributed by atoms with Gasteiger partial charge in [-0.15, -0.1) is 0 Å². The number of nitrogens with one attached hydrogen (secondary N) is 1. The monoisotopic (exact) mass is 297 g/mol. The highest BCUT2D eigenvalue weighted by atomic mass is 16.5. The summed E-state index contributed by atoms with van der Waals surface area (Å²) in [6.45, 7) is 4.49. The van der Waals surface area contributed by atoms with Crippen LogP contribution in [0.5, 0.6) is 0 Å². The average Bonchev–Trinajstić information content (AvgIpc) is 2.43. The van der Waals surface area contributed by atoms with Crippen LogP contribution in [-0.4, -0.2) is 55.1 Å². The molecular weight excluding hydrogens is 270 g/mol. The van der Waals surface area contributed by atoms with Crippen LogP contribution >= 0.6 is 0 Å². The molecular formula is C15H27N3O3. The van der Waals surface area contributed by atoms with E-state index >= 15 is 0 Å². The van der Waals surface area contributed by atoms with Crippen LogP contribution in [0.3, 0.4) is 0 Å². The molecule has 1 saturated carbocycles. The summed E-state index contributed by atoms with van der Waals surface area (Å²) in [4.78, 5) is 25.4. The Morgan fingerprint density at radius 1 is 1.38 bits per heavy atom. The predicted octanol–water partition coefficient (Wildman–Crippen LogP) is 0.258. The van der Waals surface area contributed by atoms with Gasteiger partial charge in [0.05, 0.1) is 12.6 Å². The summed E-state index contributed by atoms with van der Waals surface area (Å²) < 4.78 is 5.52. The minimum Gasteiger partial charge on any atom is -0.378 e. The Morgan fingerprint density at radius 3 is 2.71 bits per heavy atom. The normalized spacial score (nSPS) is 28.7. The number of hydrogen-bond acceptors (Lipinski definition) is 4. The van der Waals surface area contributed by atoms with Crippen LogP contribution in [0.2, 0.25) is 0 Å². The van der Waals surface area contributed by atoms with Crippen LogP contribution in [0, 0.1) is 5.92 Å². The lowest BCUT2D eigenvalue weighted by Gasteiger charge is -2.38. The summed E-state index contributed by atoms with van der Waals surface area (Å²) in [6, 6.07) is 0.0986. The van der Waals surface area contributed by atoms with Gasteiger partial charge in [-0.05, 0) is 45.1 Å². The first kappa shape index (κ1) is 16.2. The molecule has 0 bridgehead atoms. The maximum absolute atomic E-state index is 12.5. The zero-order chi connectivity index (χ0) is 15.2. The van der Waals surface area contributed by atoms with Gasteiger partial charge in [0.25, 0.3) is 0 Å². The minimum atomic E-state index is -0.435. The number of ether oxygens (including phenoxy) is 1. The van der Waals surface area contributed by atoms with Crippen molar-refractivity contribution in [3.63, 3.8) is 0 Å². The molecule has 120 valence electrons. The van der Waals surface area contributed by atoms with E-state index in [2.05, 4.69) is 5.32 Å². The first-order valence-electron chi connectivity index (χ1n) is 8.00. The van der Waals surface area contributed by atoms with E-state index in [1.165, 1.54) is 0 Å². The van der Waals surface area contributed by atoms with Crippen LogP contribution in [0.15, 0.2) is 0 Å². The van der Waals surface area contributed by atoms with Crippen molar-refractivity contribution in [3.05, 3.63) is 0 Å². The van der Waals surface area contributed by atoms with Crippen LogP contribution in [0.1, 0.15) is 39.0 Å². The Bertz CT molecular complexity index is 363. The molecule has 0 radical (unpaired) electrons. The molecule has 6 heteroatoms. The van der Waals surface area contributed by atoms with Gasteiger partial charge in [-0.2, -0.15) is 0 Å². The summed E-state index contributed by atoms with van der Waals surface area (Å²) in [5.74, 6) is 0.0122. The van der Waals surface area contributed by atoms with Crippen molar-refractivity contribution >= 4 is 11.8 Å². The highest BCUT2D eigenvalue weighted by molar-refractivity contribution is 5.84. The molecule has 0 spiro atoms. The number of primary amides is 1. The van der Waals surface area contributed by atoms with Crippen molar-refractivity contribution in [2.75, 3.05) is 26.2 Å². The number of nitrogens with zero attached hydrogens (tertiary/aromatic N) is 1. The zero-order valence-corrected chi connectivity index (χ0v) is 12.8. The number of carbonyl (C=O) groups excluding carboxylic acids is 2. The smallest absolute Gasteiger partial charge is 0.237 e. The molecule has 0 aromatic heterocycles. The van der Waals surface area contributed by atoms with E-state index in [-0.39, 0.29) is 18.5 Å². The first-order valence-corrected chi connectivity index (χ1v) is 8.00. The van der Waals surface area contributed by atoms with Crippen LogP contribution in [-0.2, 0) is 14.3 Å². The van der Waals surface area contributed by atoms with Gasteiger partial charge in [-0.1, -0.05) is 0 Å². The molecule has 1 aliphatic carbocycles. The number of carbonyl (C=O) groups is 2. The second-order valence-corrected chi connectivity index (χ2v) is 6.11. The van der Waals surface area contributed by atoms with Gasteiger partial charge in [0.1, 0.15) is 0 Å². The number of nitrogens with two attached hydrogens (primary N) is 1. The van der Waals surface area contributed by atoms with Gasteiger partial charge >= 0.3 is 0 Å². The fraction of sp³-hybridized carbons (Fsp3) is 0.867. The number of amides is 2. The second-order valence-electron chi connectivity index (χ2n) is 6.11. The summed E-state index contributed by atoms with van der Waals surface area (Å²) in [6.07, 6.45) is 4.70. The fourth-order valence-corrected chi connectivity index (χ4v) is 3.27. The van der Waals surface area contributed by atoms with Crippen LogP contribution in [0.4, 0.5) is 0 Å². The lowest BCUT2D eigenvalue weighted by Crippen LogP contribution is -2.52. The van der Waals surface area contributed by atoms with Crippen molar-refractivity contribution in [3.8, 4) is 0 Å². The molecule has 2 rings (SSSR count). The molecule has 6 nitrogen and oxygen atoms in total. The number of rotatable bonds is 7. The standard InChI is InChI=1S/C15H27N3O3/c1-2-21-13-6-11(7-13)8-15(20)18(10-14(16)19)12-4-3-5-17-9-12/h11-13,17H,2-10H2,1H3,(H2,16,19). The van der Waals surface area contributed by atoms with Gasteiger partial charge in [-0.25, -0.2) is 0 Å². The van der Waals surface area contributed by atoms with Crippen molar-refractivity contribution in [1.82, 2.24) is 10.2 Å². The maximum atomic E-state index is 12.5. The third-order valence-electron chi connectivity index (χ3n) is 4.42. The van der Waals surface area contributed by atoms with E-state index in [1.54, 1.807) is 4.90 Å². The maximum Gasteiger partial charge on any atom is 0.237 e. The first-order chi connectivity index (χ1) is 10.1. The summed E-state index contributed by atoms with van der Waals surface area (Å²) in [5, 5.41) is 3.28. The molecule has 1 heterocycles. The molecule has 0 aromatic rings. The van der Waals surface area contributed by atoms with Gasteiger partial charge in [0, 0.05) is 25.6 Å². The van der Waals surface area contributed by atoms with Crippen molar-refractivity contribution in [1.29, 1.82) is 0 Å². The zero-order valence-electron chi connectivity index (χ0n) is 12.8. The largest absolute Gasteiger partial charge is 0.378 e. The summed E-state index contributed by atoms with van der Waals surface area (Å²) in [7, 11) is 0. The van der Waals surface area contributed by atoms with Gasteiger partial charge in [0.15, 0.2) is 0 Å². The molecule has 2 aliphatic rings. The van der Waals surface area contributed by atoms with E-state index in [0.29, 0.717) is 18.4 Å². The lowest BCUT2D eigenvalue weighted by molar-refractivity contribution is -0.140. The van der Waals surface area contributed by atoms with Gasteiger partial charge < -0.3 is 20.7 Å². The third-order valence-corrected chi connectivity index (χ3v) is 4.42. The fourth-order valence-electron chi connectivity index (χ4n) is 3.27. The Hall–Kier alpha value is -1.14.